The van der Waals surface area contributed by atoms with E-state index in [2.05, 4.69) is 10.0 Å². The van der Waals surface area contributed by atoms with Crippen LogP contribution in [0.25, 0.3) is 0 Å². The number of carbonyl (C=O) groups excluding carboxylic acids is 2. The van der Waals surface area contributed by atoms with E-state index in [9.17, 15) is 22.4 Å². The first kappa shape index (κ1) is 33.4. The molecule has 1 aliphatic rings. The normalized spacial score (nSPS) is 15.0. The van der Waals surface area contributed by atoms with Crippen molar-refractivity contribution >= 4 is 27.5 Å². The van der Waals surface area contributed by atoms with Gasteiger partial charge in [0.05, 0.1) is 18.1 Å². The molecule has 2 N–H and O–H groups in total. The second-order valence-corrected chi connectivity index (χ2v) is 12.6. The van der Waals surface area contributed by atoms with Gasteiger partial charge >= 0.3 is 0 Å². The zero-order valence-electron chi connectivity index (χ0n) is 25.8. The Kier molecular flexibility index (Phi) is 11.1. The molecule has 1 aliphatic heterocycles. The number of sulfonamides is 1. The number of benzene rings is 4. The lowest BCUT2D eigenvalue weighted by Crippen LogP contribution is -2.46. The SMILES string of the molecule is COc1ccc(CN(C(=O)COc2ccc(S(=O)(=O)Nc3ccc(F)cc3)cc2)[C@H](C(=O)NC[C@@H]2CCCO2)c2ccccc2)cc1. The highest BCUT2D eigenvalue weighted by Crippen LogP contribution is 2.26. The molecular formula is C35H36FN3O7S. The highest BCUT2D eigenvalue weighted by molar-refractivity contribution is 7.92. The van der Waals surface area contributed by atoms with Gasteiger partial charge in [-0.25, -0.2) is 12.8 Å². The first-order chi connectivity index (χ1) is 22.7. The molecule has 0 saturated carbocycles. The molecule has 4 aromatic carbocycles. The van der Waals surface area contributed by atoms with Crippen molar-refractivity contribution in [3.05, 3.63) is 120 Å². The molecule has 246 valence electrons. The van der Waals surface area contributed by atoms with E-state index in [-0.39, 0.29) is 34.9 Å². The van der Waals surface area contributed by atoms with Crippen molar-refractivity contribution in [3.8, 4) is 11.5 Å². The summed E-state index contributed by atoms with van der Waals surface area (Å²) in [7, 11) is -2.39. The van der Waals surface area contributed by atoms with Gasteiger partial charge in [-0.1, -0.05) is 42.5 Å². The average Bonchev–Trinajstić information content (AvgIpc) is 3.62. The third-order valence-electron chi connectivity index (χ3n) is 7.63. The molecule has 0 bridgehead atoms. The van der Waals surface area contributed by atoms with Crippen molar-refractivity contribution in [1.29, 1.82) is 0 Å². The van der Waals surface area contributed by atoms with Gasteiger partial charge in [-0.3, -0.25) is 14.3 Å². The van der Waals surface area contributed by atoms with Crippen molar-refractivity contribution in [2.45, 2.75) is 36.4 Å². The molecule has 4 aromatic rings. The Hall–Kier alpha value is -4.94. The summed E-state index contributed by atoms with van der Waals surface area (Å²) in [5, 5.41) is 2.98. The number of hydrogen-bond acceptors (Lipinski definition) is 7. The number of halogens is 1. The molecule has 0 aromatic heterocycles. The van der Waals surface area contributed by atoms with Crippen LogP contribution in [0.4, 0.5) is 10.1 Å². The molecule has 0 radical (unpaired) electrons. The van der Waals surface area contributed by atoms with Gasteiger partial charge in [0.1, 0.15) is 23.4 Å². The van der Waals surface area contributed by atoms with E-state index in [4.69, 9.17) is 14.2 Å². The highest BCUT2D eigenvalue weighted by Gasteiger charge is 2.32. The summed E-state index contributed by atoms with van der Waals surface area (Å²) < 4.78 is 58.0. The Morgan fingerprint density at radius 3 is 2.26 bits per heavy atom. The van der Waals surface area contributed by atoms with Crippen LogP contribution in [-0.2, 0) is 30.9 Å². The fraction of sp³-hybridized carbons (Fsp3) is 0.257. The molecule has 5 rings (SSSR count). The number of anilines is 1. The van der Waals surface area contributed by atoms with Gasteiger partial charge < -0.3 is 24.4 Å². The van der Waals surface area contributed by atoms with Gasteiger partial charge in [-0.2, -0.15) is 0 Å². The maximum Gasteiger partial charge on any atom is 0.261 e. The summed E-state index contributed by atoms with van der Waals surface area (Å²) in [4.78, 5) is 29.1. The van der Waals surface area contributed by atoms with Gasteiger partial charge in [0.25, 0.3) is 15.9 Å². The summed E-state index contributed by atoms with van der Waals surface area (Å²) in [6.07, 6.45) is 1.70. The zero-order valence-corrected chi connectivity index (χ0v) is 26.6. The number of carbonyl (C=O) groups is 2. The average molecular weight is 662 g/mol. The number of ether oxygens (including phenoxy) is 3. The van der Waals surface area contributed by atoms with E-state index >= 15 is 0 Å². The molecule has 1 saturated heterocycles. The molecule has 10 nitrogen and oxygen atoms in total. The molecule has 2 atom stereocenters. The fourth-order valence-corrected chi connectivity index (χ4v) is 6.21. The minimum atomic E-state index is -3.96. The van der Waals surface area contributed by atoms with E-state index in [0.717, 1.165) is 30.5 Å². The van der Waals surface area contributed by atoms with E-state index in [0.29, 0.717) is 24.5 Å². The summed E-state index contributed by atoms with van der Waals surface area (Å²) >= 11 is 0. The van der Waals surface area contributed by atoms with Crippen LogP contribution in [0.15, 0.2) is 108 Å². The minimum absolute atomic E-state index is 0.0475. The van der Waals surface area contributed by atoms with Crippen molar-refractivity contribution < 1.29 is 36.6 Å². The number of nitrogens with zero attached hydrogens (tertiary/aromatic N) is 1. The summed E-state index contributed by atoms with van der Waals surface area (Å²) in [5.74, 6) is -0.390. The summed E-state index contributed by atoms with van der Waals surface area (Å²) in [6.45, 7) is 0.665. The zero-order chi connectivity index (χ0) is 33.2. The molecule has 1 heterocycles. The molecule has 47 heavy (non-hydrogen) atoms. The minimum Gasteiger partial charge on any atom is -0.497 e. The fourth-order valence-electron chi connectivity index (χ4n) is 5.15. The van der Waals surface area contributed by atoms with E-state index < -0.39 is 34.4 Å². The van der Waals surface area contributed by atoms with Gasteiger partial charge in [-0.05, 0) is 84.6 Å². The lowest BCUT2D eigenvalue weighted by Gasteiger charge is -2.32. The monoisotopic (exact) mass is 661 g/mol. The number of hydrogen-bond donors (Lipinski definition) is 2. The number of methoxy groups -OCH3 is 1. The number of amides is 2. The van der Waals surface area contributed by atoms with E-state index in [1.807, 2.05) is 30.3 Å². The predicted molar refractivity (Wildman–Crippen MR) is 174 cm³/mol. The Labute approximate surface area is 273 Å². The van der Waals surface area contributed by atoms with Gasteiger partial charge in [0.15, 0.2) is 6.61 Å². The first-order valence-electron chi connectivity index (χ1n) is 15.1. The molecule has 0 spiro atoms. The van der Waals surface area contributed by atoms with Crippen LogP contribution in [0.1, 0.15) is 30.0 Å². The van der Waals surface area contributed by atoms with Crippen LogP contribution in [-0.4, -0.2) is 58.1 Å². The molecule has 0 aliphatic carbocycles. The maximum atomic E-state index is 13.9. The highest BCUT2D eigenvalue weighted by atomic mass is 32.2. The third kappa shape index (κ3) is 9.08. The Bertz CT molecular complexity index is 1730. The van der Waals surface area contributed by atoms with Crippen LogP contribution in [0.2, 0.25) is 0 Å². The Balaban J connectivity index is 1.34. The van der Waals surface area contributed by atoms with Crippen molar-refractivity contribution in [2.75, 3.05) is 31.6 Å². The van der Waals surface area contributed by atoms with Crippen molar-refractivity contribution in [3.63, 3.8) is 0 Å². The molecule has 0 unspecified atom stereocenters. The van der Waals surface area contributed by atoms with Crippen molar-refractivity contribution in [2.24, 2.45) is 0 Å². The lowest BCUT2D eigenvalue weighted by molar-refractivity contribution is -0.143. The second-order valence-electron chi connectivity index (χ2n) is 10.9. The van der Waals surface area contributed by atoms with Gasteiger partial charge in [-0.15, -0.1) is 0 Å². The summed E-state index contributed by atoms with van der Waals surface area (Å²) in [6, 6.07) is 25.8. The van der Waals surface area contributed by atoms with Crippen LogP contribution < -0.4 is 19.5 Å². The van der Waals surface area contributed by atoms with Crippen LogP contribution in [0, 0.1) is 5.82 Å². The smallest absolute Gasteiger partial charge is 0.261 e. The van der Waals surface area contributed by atoms with E-state index in [1.54, 1.807) is 31.4 Å². The predicted octanol–water partition coefficient (Wildman–Crippen LogP) is 5.08. The van der Waals surface area contributed by atoms with Gasteiger partial charge in [0.2, 0.25) is 5.91 Å². The van der Waals surface area contributed by atoms with E-state index in [1.165, 1.54) is 41.3 Å². The van der Waals surface area contributed by atoms with Gasteiger partial charge in [0, 0.05) is 25.4 Å². The maximum absolute atomic E-state index is 13.9. The topological polar surface area (TPSA) is 123 Å². The van der Waals surface area contributed by atoms with Crippen LogP contribution in [0.5, 0.6) is 11.5 Å². The largest absolute Gasteiger partial charge is 0.497 e. The molecule has 2 amide bonds. The Morgan fingerprint density at radius 2 is 1.62 bits per heavy atom. The third-order valence-corrected chi connectivity index (χ3v) is 9.03. The number of nitrogens with one attached hydrogen (secondary N) is 2. The number of rotatable bonds is 14. The van der Waals surface area contributed by atoms with Crippen LogP contribution in [0.3, 0.4) is 0 Å². The van der Waals surface area contributed by atoms with Crippen LogP contribution >= 0.6 is 0 Å². The second kappa shape index (κ2) is 15.6. The molecular weight excluding hydrogens is 625 g/mol. The quantitative estimate of drug-likeness (QED) is 0.193. The van der Waals surface area contributed by atoms with Crippen molar-refractivity contribution in [1.82, 2.24) is 10.2 Å². The molecule has 1 fully saturated rings. The standard InChI is InChI=1S/C35H36FN3O7S/c1-44-29-15-9-25(10-16-29)23-39(34(26-6-3-2-4-7-26)35(41)37-22-31-8-5-21-45-31)33(40)24-46-30-17-19-32(20-18-30)47(42,43)38-28-13-11-27(36)12-14-28/h2-4,6-7,9-20,31,34,38H,5,8,21-24H2,1H3,(H,37,41)/t31-,34-/m0/s1. The molecule has 12 heteroatoms. The Morgan fingerprint density at radius 1 is 0.936 bits per heavy atom. The first-order valence-corrected chi connectivity index (χ1v) is 16.6. The summed E-state index contributed by atoms with van der Waals surface area (Å²) in [5.41, 5.74) is 1.61. The lowest BCUT2D eigenvalue weighted by atomic mass is 10.0.